The molecule has 2 aromatic carbocycles. The summed E-state index contributed by atoms with van der Waals surface area (Å²) in [5, 5.41) is 1.16. The molecule has 0 aliphatic carbocycles. The van der Waals surface area contributed by atoms with Gasteiger partial charge in [0.25, 0.3) is 0 Å². The predicted octanol–water partition coefficient (Wildman–Crippen LogP) is 4.24. The van der Waals surface area contributed by atoms with Crippen molar-refractivity contribution in [2.24, 2.45) is 5.73 Å². The van der Waals surface area contributed by atoms with Gasteiger partial charge >= 0.3 is 0 Å². The van der Waals surface area contributed by atoms with Gasteiger partial charge in [-0.3, -0.25) is 0 Å². The van der Waals surface area contributed by atoms with Crippen LogP contribution in [0.3, 0.4) is 0 Å². The van der Waals surface area contributed by atoms with Gasteiger partial charge in [0.15, 0.2) is 0 Å². The molecule has 0 aliphatic heterocycles. The molecule has 0 amide bonds. The van der Waals surface area contributed by atoms with Crippen LogP contribution >= 0.6 is 23.2 Å². The molecule has 0 fully saturated rings. The van der Waals surface area contributed by atoms with Crippen molar-refractivity contribution in [2.45, 2.75) is 6.54 Å². The fourth-order valence-corrected chi connectivity index (χ4v) is 1.83. The first-order valence-electron chi connectivity index (χ1n) is 5.11. The normalized spacial score (nSPS) is 10.3. The number of halogens is 2. The molecule has 0 unspecified atom stereocenters. The van der Waals surface area contributed by atoms with Crippen LogP contribution < -0.4 is 10.5 Å². The third-order valence-electron chi connectivity index (χ3n) is 2.31. The van der Waals surface area contributed by atoms with Crippen LogP contribution in [0.2, 0.25) is 10.0 Å². The van der Waals surface area contributed by atoms with Gasteiger partial charge in [0.2, 0.25) is 0 Å². The summed E-state index contributed by atoms with van der Waals surface area (Å²) in [6.45, 7) is 0.408. The van der Waals surface area contributed by atoms with Crippen molar-refractivity contribution in [3.05, 3.63) is 58.1 Å². The Kier molecular flexibility index (Phi) is 3.89. The lowest BCUT2D eigenvalue weighted by Crippen LogP contribution is -1.97. The summed E-state index contributed by atoms with van der Waals surface area (Å²) in [5.74, 6) is 1.24. The van der Waals surface area contributed by atoms with Crippen LogP contribution in [0.4, 0.5) is 0 Å². The van der Waals surface area contributed by atoms with Crippen molar-refractivity contribution < 1.29 is 4.74 Å². The molecule has 2 nitrogen and oxygen atoms in total. The number of nitrogens with two attached hydrogens (primary N) is 1. The van der Waals surface area contributed by atoms with Gasteiger partial charge in [0, 0.05) is 11.6 Å². The molecule has 88 valence electrons. The van der Waals surface area contributed by atoms with Gasteiger partial charge in [-0.05, 0) is 29.8 Å². The highest BCUT2D eigenvalue weighted by Gasteiger charge is 2.04. The topological polar surface area (TPSA) is 35.2 Å². The molecule has 0 radical (unpaired) electrons. The van der Waals surface area contributed by atoms with Crippen LogP contribution in [-0.2, 0) is 6.54 Å². The molecule has 2 N–H and O–H groups in total. The fraction of sp³-hybridized carbons (Fsp3) is 0.0769. The van der Waals surface area contributed by atoms with Crippen molar-refractivity contribution in [3.63, 3.8) is 0 Å². The quantitative estimate of drug-likeness (QED) is 0.903. The third-order valence-corrected chi connectivity index (χ3v) is 2.97. The van der Waals surface area contributed by atoms with E-state index in [2.05, 4.69) is 0 Å². The van der Waals surface area contributed by atoms with E-state index in [-0.39, 0.29) is 0 Å². The van der Waals surface area contributed by atoms with Gasteiger partial charge in [0.1, 0.15) is 11.5 Å². The summed E-state index contributed by atoms with van der Waals surface area (Å²) in [5.41, 5.74) is 6.42. The Labute approximate surface area is 110 Å². The number of hydrogen-bond acceptors (Lipinski definition) is 2. The van der Waals surface area contributed by atoms with Crippen LogP contribution in [-0.4, -0.2) is 0 Å². The molecule has 0 atom stereocenters. The zero-order valence-corrected chi connectivity index (χ0v) is 10.5. The van der Waals surface area contributed by atoms with Crippen molar-refractivity contribution in [2.75, 3.05) is 0 Å². The van der Waals surface area contributed by atoms with Crippen LogP contribution in [0.15, 0.2) is 42.5 Å². The molecular weight excluding hydrogens is 257 g/mol. The summed E-state index contributed by atoms with van der Waals surface area (Å²) in [4.78, 5) is 0. The lowest BCUT2D eigenvalue weighted by atomic mass is 10.2. The Hall–Kier alpha value is -1.22. The van der Waals surface area contributed by atoms with E-state index < -0.39 is 0 Å². The maximum absolute atomic E-state index is 6.04. The number of hydrogen-bond donors (Lipinski definition) is 1. The van der Waals surface area contributed by atoms with E-state index in [0.717, 1.165) is 5.56 Å². The minimum absolute atomic E-state index is 0.408. The molecular formula is C13H11Cl2NO. The molecule has 0 saturated heterocycles. The number of rotatable bonds is 3. The second-order valence-corrected chi connectivity index (χ2v) is 4.30. The van der Waals surface area contributed by atoms with Gasteiger partial charge in [-0.2, -0.15) is 0 Å². The Morgan fingerprint density at radius 2 is 1.76 bits per heavy atom. The summed E-state index contributed by atoms with van der Waals surface area (Å²) in [6, 6.07) is 12.7. The zero-order chi connectivity index (χ0) is 12.3. The zero-order valence-electron chi connectivity index (χ0n) is 8.99. The second kappa shape index (κ2) is 5.41. The van der Waals surface area contributed by atoms with Crippen molar-refractivity contribution in [3.8, 4) is 11.5 Å². The average Bonchev–Trinajstić information content (AvgIpc) is 2.32. The number of benzene rings is 2. The largest absolute Gasteiger partial charge is 0.456 e. The Morgan fingerprint density at radius 1 is 1.00 bits per heavy atom. The second-order valence-electron chi connectivity index (χ2n) is 3.49. The summed E-state index contributed by atoms with van der Waals surface area (Å²) in [7, 11) is 0. The summed E-state index contributed by atoms with van der Waals surface area (Å²) >= 11 is 12.0. The van der Waals surface area contributed by atoms with E-state index in [4.69, 9.17) is 33.7 Å². The smallest absolute Gasteiger partial charge is 0.146 e. The number of para-hydroxylation sites is 1. The van der Waals surface area contributed by atoms with E-state index in [9.17, 15) is 0 Å². The molecule has 4 heteroatoms. The van der Waals surface area contributed by atoms with Crippen molar-refractivity contribution >= 4 is 23.2 Å². The van der Waals surface area contributed by atoms with Crippen molar-refractivity contribution in [1.29, 1.82) is 0 Å². The fourth-order valence-electron chi connectivity index (χ4n) is 1.41. The van der Waals surface area contributed by atoms with E-state index in [1.165, 1.54) is 0 Å². The molecule has 17 heavy (non-hydrogen) atoms. The van der Waals surface area contributed by atoms with Crippen LogP contribution in [0.1, 0.15) is 5.56 Å². The standard InChI is InChI=1S/C13H11Cl2NO/c14-11-3-1-2-4-13(11)17-10-6-5-9(8-16)12(15)7-10/h1-7H,8,16H2. The Morgan fingerprint density at radius 3 is 2.41 bits per heavy atom. The van der Waals surface area contributed by atoms with Crippen LogP contribution in [0, 0.1) is 0 Å². The Bertz CT molecular complexity index is 529. The highest BCUT2D eigenvalue weighted by atomic mass is 35.5. The molecule has 0 heterocycles. The third kappa shape index (κ3) is 2.91. The highest BCUT2D eigenvalue weighted by Crippen LogP contribution is 2.31. The molecule has 0 saturated carbocycles. The molecule has 0 aromatic heterocycles. The van der Waals surface area contributed by atoms with Gasteiger partial charge < -0.3 is 10.5 Å². The highest BCUT2D eigenvalue weighted by molar-refractivity contribution is 6.32. The van der Waals surface area contributed by atoms with Gasteiger partial charge in [0.05, 0.1) is 5.02 Å². The first kappa shape index (κ1) is 12.2. The lowest BCUT2D eigenvalue weighted by Gasteiger charge is -2.09. The first-order chi connectivity index (χ1) is 8.20. The monoisotopic (exact) mass is 267 g/mol. The number of ether oxygens (including phenoxy) is 1. The minimum Gasteiger partial charge on any atom is -0.456 e. The van der Waals surface area contributed by atoms with Gasteiger partial charge in [-0.1, -0.05) is 41.4 Å². The lowest BCUT2D eigenvalue weighted by molar-refractivity contribution is 0.483. The molecule has 0 bridgehead atoms. The summed E-state index contributed by atoms with van der Waals surface area (Å²) < 4.78 is 5.63. The van der Waals surface area contributed by atoms with Crippen molar-refractivity contribution in [1.82, 2.24) is 0 Å². The Balaban J connectivity index is 2.25. The maximum Gasteiger partial charge on any atom is 0.146 e. The van der Waals surface area contributed by atoms with Gasteiger partial charge in [-0.15, -0.1) is 0 Å². The van der Waals surface area contributed by atoms with E-state index in [1.54, 1.807) is 18.2 Å². The molecule has 2 rings (SSSR count). The molecule has 0 aliphatic rings. The van der Waals surface area contributed by atoms with Crippen LogP contribution in [0.25, 0.3) is 0 Å². The minimum atomic E-state index is 0.408. The first-order valence-corrected chi connectivity index (χ1v) is 5.87. The van der Waals surface area contributed by atoms with Crippen LogP contribution in [0.5, 0.6) is 11.5 Å². The van der Waals surface area contributed by atoms with E-state index in [0.29, 0.717) is 28.1 Å². The summed E-state index contributed by atoms with van der Waals surface area (Å²) in [6.07, 6.45) is 0. The maximum atomic E-state index is 6.04. The molecule has 2 aromatic rings. The van der Waals surface area contributed by atoms with E-state index >= 15 is 0 Å². The average molecular weight is 268 g/mol. The molecule has 0 spiro atoms. The van der Waals surface area contributed by atoms with Gasteiger partial charge in [-0.25, -0.2) is 0 Å². The SMILES string of the molecule is NCc1ccc(Oc2ccccc2Cl)cc1Cl. The van der Waals surface area contributed by atoms with E-state index in [1.807, 2.05) is 24.3 Å². The predicted molar refractivity (Wildman–Crippen MR) is 70.9 cm³/mol.